The van der Waals surface area contributed by atoms with E-state index in [0.29, 0.717) is 16.5 Å². The number of nitrogens with zero attached hydrogens (tertiary/aromatic N) is 3. The smallest absolute Gasteiger partial charge is 0.268 e. The molecule has 8 heteroatoms. The van der Waals surface area contributed by atoms with Gasteiger partial charge in [0.05, 0.1) is 30.2 Å². The van der Waals surface area contributed by atoms with Crippen molar-refractivity contribution >= 4 is 22.7 Å². The van der Waals surface area contributed by atoms with Crippen molar-refractivity contribution in [1.29, 1.82) is 5.26 Å². The molecular weight excluding hydrogens is 342 g/mol. The lowest BCUT2D eigenvalue weighted by molar-refractivity contribution is -0.131. The van der Waals surface area contributed by atoms with Crippen LogP contribution in [0, 0.1) is 18.3 Å². The van der Waals surface area contributed by atoms with Gasteiger partial charge in [-0.15, -0.1) is 0 Å². The molecule has 0 saturated carbocycles. The largest absolute Gasteiger partial charge is 0.343 e. The Kier molecular flexibility index (Phi) is 4.55. The second-order valence-electron chi connectivity index (χ2n) is 6.29. The third-order valence-electron chi connectivity index (χ3n) is 4.28. The quantitative estimate of drug-likeness (QED) is 0.910. The fourth-order valence-corrected chi connectivity index (χ4v) is 3.01. The number of carbonyl (C=O) groups excluding carboxylic acids is 2. The van der Waals surface area contributed by atoms with E-state index in [0.717, 1.165) is 10.5 Å². The van der Waals surface area contributed by atoms with E-state index >= 15 is 0 Å². The number of alkyl halides is 2. The van der Waals surface area contributed by atoms with Crippen molar-refractivity contribution in [3.8, 4) is 6.07 Å². The molecule has 2 aromatic rings. The fraction of sp³-hybridized carbons (Fsp3) is 0.333. The Labute approximate surface area is 148 Å². The lowest BCUT2D eigenvalue weighted by atomic mass is 10.1. The summed E-state index contributed by atoms with van der Waals surface area (Å²) in [5, 5.41) is 12.0. The van der Waals surface area contributed by atoms with Crippen LogP contribution in [0.5, 0.6) is 0 Å². The maximum Gasteiger partial charge on any atom is 0.268 e. The van der Waals surface area contributed by atoms with E-state index in [4.69, 9.17) is 5.26 Å². The first-order valence-electron chi connectivity index (χ1n) is 8.01. The van der Waals surface area contributed by atoms with Gasteiger partial charge in [0.15, 0.2) is 0 Å². The second kappa shape index (κ2) is 6.67. The molecule has 26 heavy (non-hydrogen) atoms. The first-order valence-corrected chi connectivity index (χ1v) is 8.01. The molecule has 1 aromatic heterocycles. The van der Waals surface area contributed by atoms with Gasteiger partial charge in [-0.05, 0) is 25.1 Å². The van der Waals surface area contributed by atoms with Gasteiger partial charge in [0.2, 0.25) is 5.91 Å². The van der Waals surface area contributed by atoms with Crippen LogP contribution in [-0.4, -0.2) is 46.8 Å². The lowest BCUT2D eigenvalue weighted by Crippen LogP contribution is -2.43. The molecule has 3 rings (SSSR count). The number of nitrogens with one attached hydrogen (secondary N) is 1. The average molecular weight is 358 g/mol. The zero-order valence-corrected chi connectivity index (χ0v) is 14.0. The van der Waals surface area contributed by atoms with Gasteiger partial charge in [-0.3, -0.25) is 14.6 Å². The zero-order chi connectivity index (χ0) is 18.9. The minimum Gasteiger partial charge on any atom is -0.343 e. The number of carbonyl (C=O) groups is 2. The van der Waals surface area contributed by atoms with E-state index < -0.39 is 43.3 Å². The summed E-state index contributed by atoms with van der Waals surface area (Å²) in [5.74, 6) is -4.30. The topological polar surface area (TPSA) is 86.1 Å². The SMILES string of the molecule is Cc1ccc2nccc(C(=O)NCC(=O)N3CC(F)(F)C[C@H]3C#N)c2c1. The summed E-state index contributed by atoms with van der Waals surface area (Å²) < 4.78 is 26.9. The molecule has 1 fully saturated rings. The highest BCUT2D eigenvalue weighted by Gasteiger charge is 2.47. The van der Waals surface area contributed by atoms with Crippen LogP contribution in [0.25, 0.3) is 10.9 Å². The van der Waals surface area contributed by atoms with Gasteiger partial charge in [-0.25, -0.2) is 8.78 Å². The molecule has 1 aliphatic rings. The summed E-state index contributed by atoms with van der Waals surface area (Å²) in [5.41, 5.74) is 1.93. The Morgan fingerprint density at radius 2 is 2.19 bits per heavy atom. The highest BCUT2D eigenvalue weighted by Crippen LogP contribution is 2.31. The molecule has 2 heterocycles. The van der Waals surface area contributed by atoms with Crippen LogP contribution in [0.4, 0.5) is 8.78 Å². The van der Waals surface area contributed by atoms with Crippen molar-refractivity contribution in [3.05, 3.63) is 41.6 Å². The number of aromatic nitrogens is 1. The highest BCUT2D eigenvalue weighted by atomic mass is 19.3. The zero-order valence-electron chi connectivity index (χ0n) is 14.0. The maximum absolute atomic E-state index is 13.4. The predicted molar refractivity (Wildman–Crippen MR) is 89.5 cm³/mol. The Hall–Kier alpha value is -3.08. The summed E-state index contributed by atoms with van der Waals surface area (Å²) in [6.07, 6.45) is 0.804. The molecule has 134 valence electrons. The normalized spacial score (nSPS) is 18.5. The molecule has 0 spiro atoms. The van der Waals surface area contributed by atoms with Crippen molar-refractivity contribution in [2.24, 2.45) is 0 Å². The minimum atomic E-state index is -3.08. The van der Waals surface area contributed by atoms with Gasteiger partial charge >= 0.3 is 0 Å². The van der Waals surface area contributed by atoms with Crippen LogP contribution in [0.3, 0.4) is 0 Å². The molecule has 1 aromatic carbocycles. The molecule has 1 aliphatic heterocycles. The molecule has 6 nitrogen and oxygen atoms in total. The standard InChI is InChI=1S/C18H16F2N4O2/c1-11-2-3-15-14(6-11)13(4-5-22-15)17(26)23-9-16(25)24-10-18(19,20)7-12(24)8-21/h2-6,12H,7,9-10H2,1H3,(H,23,26)/t12-/m0/s1. The van der Waals surface area contributed by atoms with E-state index in [1.165, 1.54) is 12.3 Å². The maximum atomic E-state index is 13.4. The molecule has 1 atom stereocenters. The molecule has 2 amide bonds. The number of rotatable bonds is 3. The summed E-state index contributed by atoms with van der Waals surface area (Å²) in [7, 11) is 0. The Morgan fingerprint density at radius 3 is 2.92 bits per heavy atom. The fourth-order valence-electron chi connectivity index (χ4n) is 3.01. The first-order chi connectivity index (χ1) is 12.3. The predicted octanol–water partition coefficient (Wildman–Crippen LogP) is 2.03. The number of hydrogen-bond acceptors (Lipinski definition) is 4. The third kappa shape index (κ3) is 3.47. The number of halogens is 2. The number of nitriles is 1. The van der Waals surface area contributed by atoms with Crippen molar-refractivity contribution in [1.82, 2.24) is 15.2 Å². The second-order valence-corrected chi connectivity index (χ2v) is 6.29. The van der Waals surface area contributed by atoms with Crippen LogP contribution in [0.2, 0.25) is 0 Å². The Bertz CT molecular complexity index is 923. The minimum absolute atomic E-state index is 0.343. The number of likely N-dealkylation sites (tertiary alicyclic amines) is 1. The molecule has 0 unspecified atom stereocenters. The number of fused-ring (bicyclic) bond motifs is 1. The molecule has 0 bridgehead atoms. The Balaban J connectivity index is 1.73. The summed E-state index contributed by atoms with van der Waals surface area (Å²) >= 11 is 0. The summed E-state index contributed by atoms with van der Waals surface area (Å²) in [6, 6.07) is 7.52. The summed E-state index contributed by atoms with van der Waals surface area (Å²) in [4.78, 5) is 29.6. The van der Waals surface area contributed by atoms with Gasteiger partial charge in [0.25, 0.3) is 11.8 Å². The van der Waals surface area contributed by atoms with Gasteiger partial charge in [0, 0.05) is 18.0 Å². The number of hydrogen-bond donors (Lipinski definition) is 1. The van der Waals surface area contributed by atoms with E-state index in [1.807, 2.05) is 19.1 Å². The van der Waals surface area contributed by atoms with Crippen molar-refractivity contribution in [3.63, 3.8) is 0 Å². The van der Waals surface area contributed by atoms with Crippen LogP contribution in [0.1, 0.15) is 22.3 Å². The number of aryl methyl sites for hydroxylation is 1. The number of benzene rings is 1. The number of amides is 2. The van der Waals surface area contributed by atoms with E-state index in [1.54, 1.807) is 12.1 Å². The monoisotopic (exact) mass is 358 g/mol. The van der Waals surface area contributed by atoms with E-state index in [9.17, 15) is 18.4 Å². The van der Waals surface area contributed by atoms with Crippen molar-refractivity contribution in [2.75, 3.05) is 13.1 Å². The van der Waals surface area contributed by atoms with Gasteiger partial charge in [0.1, 0.15) is 6.04 Å². The van der Waals surface area contributed by atoms with Crippen LogP contribution in [0.15, 0.2) is 30.5 Å². The summed E-state index contributed by atoms with van der Waals surface area (Å²) in [6.45, 7) is 0.618. The highest BCUT2D eigenvalue weighted by molar-refractivity contribution is 6.07. The Morgan fingerprint density at radius 1 is 1.42 bits per heavy atom. The van der Waals surface area contributed by atoms with Crippen LogP contribution in [-0.2, 0) is 4.79 Å². The molecule has 1 saturated heterocycles. The van der Waals surface area contributed by atoms with Crippen LogP contribution >= 0.6 is 0 Å². The molecule has 1 N–H and O–H groups in total. The lowest BCUT2D eigenvalue weighted by Gasteiger charge is -2.19. The first kappa shape index (κ1) is 17.7. The number of pyridine rings is 1. The van der Waals surface area contributed by atoms with E-state index in [2.05, 4.69) is 10.3 Å². The van der Waals surface area contributed by atoms with Gasteiger partial charge < -0.3 is 10.2 Å². The van der Waals surface area contributed by atoms with Crippen molar-refractivity contribution in [2.45, 2.75) is 25.3 Å². The molecule has 0 radical (unpaired) electrons. The van der Waals surface area contributed by atoms with Crippen LogP contribution < -0.4 is 5.32 Å². The van der Waals surface area contributed by atoms with Gasteiger partial charge in [-0.1, -0.05) is 11.6 Å². The van der Waals surface area contributed by atoms with Crippen molar-refractivity contribution < 1.29 is 18.4 Å². The average Bonchev–Trinajstić information content (AvgIpc) is 2.93. The third-order valence-corrected chi connectivity index (χ3v) is 4.28. The van der Waals surface area contributed by atoms with Gasteiger partial charge in [-0.2, -0.15) is 5.26 Å². The van der Waals surface area contributed by atoms with E-state index in [-0.39, 0.29) is 0 Å². The molecular formula is C18H16F2N4O2. The molecule has 0 aliphatic carbocycles.